The van der Waals surface area contributed by atoms with Crippen molar-refractivity contribution in [3.05, 3.63) is 42.0 Å². The predicted molar refractivity (Wildman–Crippen MR) is 74.6 cm³/mol. The van der Waals surface area contributed by atoms with Crippen molar-refractivity contribution >= 4 is 6.08 Å². The fourth-order valence-corrected chi connectivity index (χ4v) is 2.07. The Morgan fingerprint density at radius 2 is 1.84 bits per heavy atom. The molecule has 0 radical (unpaired) electrons. The van der Waals surface area contributed by atoms with E-state index in [9.17, 15) is 10.2 Å². The van der Waals surface area contributed by atoms with Crippen molar-refractivity contribution < 1.29 is 20.4 Å². The highest BCUT2D eigenvalue weighted by Crippen LogP contribution is 2.30. The second-order valence-electron chi connectivity index (χ2n) is 4.78. The van der Waals surface area contributed by atoms with Crippen LogP contribution < -0.4 is 0 Å². The lowest BCUT2D eigenvalue weighted by Crippen LogP contribution is -2.44. The smallest absolute Gasteiger partial charge is 0.107 e. The molecule has 0 aliphatic carbocycles. The summed E-state index contributed by atoms with van der Waals surface area (Å²) in [6.07, 6.45) is 2.03. The maximum atomic E-state index is 9.47. The second-order valence-corrected chi connectivity index (χ2v) is 4.78. The van der Waals surface area contributed by atoms with Gasteiger partial charge in [-0.25, -0.2) is 4.89 Å². The van der Waals surface area contributed by atoms with Gasteiger partial charge in [-0.3, -0.25) is 5.26 Å². The largest absolute Gasteiger partial charge is 0.396 e. The molecule has 19 heavy (non-hydrogen) atoms. The molecule has 0 heterocycles. The van der Waals surface area contributed by atoms with E-state index in [-0.39, 0.29) is 13.2 Å². The first-order chi connectivity index (χ1) is 9.15. The Balaban J connectivity index is 2.88. The summed E-state index contributed by atoms with van der Waals surface area (Å²) in [5.41, 5.74) is 1.13. The fraction of sp³-hybridized carbons (Fsp3) is 0.467. The van der Waals surface area contributed by atoms with Crippen LogP contribution in [0.4, 0.5) is 0 Å². The molecule has 0 aliphatic rings. The quantitative estimate of drug-likeness (QED) is 0.498. The van der Waals surface area contributed by atoms with Crippen molar-refractivity contribution in [2.45, 2.75) is 25.9 Å². The van der Waals surface area contributed by atoms with Crippen LogP contribution in [-0.2, 0) is 11.3 Å². The molecule has 1 atom stereocenters. The molecule has 106 valence electrons. The Morgan fingerprint density at radius 3 is 2.21 bits per heavy atom. The Bertz CT molecular complexity index is 373. The highest BCUT2D eigenvalue weighted by molar-refractivity contribution is 5.47. The van der Waals surface area contributed by atoms with Crippen LogP contribution in [0.15, 0.2) is 30.8 Å². The molecule has 0 saturated heterocycles. The zero-order chi connectivity index (χ0) is 14.3. The maximum Gasteiger partial charge on any atom is 0.107 e. The van der Waals surface area contributed by atoms with Crippen LogP contribution in [0, 0.1) is 5.41 Å². The molecule has 4 nitrogen and oxygen atoms in total. The van der Waals surface area contributed by atoms with Gasteiger partial charge in [0.1, 0.15) is 6.10 Å². The van der Waals surface area contributed by atoms with Crippen molar-refractivity contribution in [2.75, 3.05) is 13.2 Å². The van der Waals surface area contributed by atoms with Gasteiger partial charge in [0.05, 0.1) is 13.2 Å². The van der Waals surface area contributed by atoms with Crippen molar-refractivity contribution in [3.8, 4) is 0 Å². The van der Waals surface area contributed by atoms with Crippen LogP contribution in [0.2, 0.25) is 0 Å². The summed E-state index contributed by atoms with van der Waals surface area (Å²) in [7, 11) is 0. The average Bonchev–Trinajstić information content (AvgIpc) is 2.49. The fourth-order valence-electron chi connectivity index (χ4n) is 2.07. The molecule has 0 saturated carbocycles. The summed E-state index contributed by atoms with van der Waals surface area (Å²) in [6.45, 7) is 5.05. The van der Waals surface area contributed by atoms with Crippen LogP contribution in [-0.4, -0.2) is 34.8 Å². The number of benzene rings is 1. The van der Waals surface area contributed by atoms with Gasteiger partial charge >= 0.3 is 0 Å². The number of rotatable bonds is 8. The van der Waals surface area contributed by atoms with Gasteiger partial charge in [0.2, 0.25) is 0 Å². The van der Waals surface area contributed by atoms with E-state index in [1.807, 2.05) is 31.2 Å². The number of aliphatic hydroxyl groups excluding tert-OH is 2. The average molecular weight is 266 g/mol. The summed E-state index contributed by atoms with van der Waals surface area (Å²) < 4.78 is 0. The van der Waals surface area contributed by atoms with E-state index >= 15 is 0 Å². The van der Waals surface area contributed by atoms with Crippen LogP contribution >= 0.6 is 0 Å². The van der Waals surface area contributed by atoms with Crippen LogP contribution in [0.25, 0.3) is 6.08 Å². The minimum atomic E-state index is -0.841. The topological polar surface area (TPSA) is 69.9 Å². The summed E-state index contributed by atoms with van der Waals surface area (Å²) in [6, 6.07) is 7.67. The Kier molecular flexibility index (Phi) is 6.18. The van der Waals surface area contributed by atoms with E-state index in [1.54, 1.807) is 6.08 Å². The molecular formula is C15H22O4. The number of hydrogen-bond donors (Lipinski definition) is 3. The summed E-state index contributed by atoms with van der Waals surface area (Å²) in [5.74, 6) is 0. The number of aliphatic hydroxyl groups is 2. The first-order valence-electron chi connectivity index (χ1n) is 6.39. The van der Waals surface area contributed by atoms with Crippen molar-refractivity contribution in [1.29, 1.82) is 0 Å². The first kappa shape index (κ1) is 15.9. The Labute approximate surface area is 113 Å². The predicted octanol–water partition coefficient (Wildman–Crippen LogP) is 2.11. The summed E-state index contributed by atoms with van der Waals surface area (Å²) >= 11 is 0. The highest BCUT2D eigenvalue weighted by atomic mass is 17.1. The van der Waals surface area contributed by atoms with Gasteiger partial charge in [-0.1, -0.05) is 43.8 Å². The summed E-state index contributed by atoms with van der Waals surface area (Å²) in [5, 5.41) is 28.0. The van der Waals surface area contributed by atoms with E-state index in [0.717, 1.165) is 11.1 Å². The molecule has 0 bridgehead atoms. The normalized spacial score (nSPS) is 13.3. The van der Waals surface area contributed by atoms with Gasteiger partial charge in [-0.05, 0) is 17.5 Å². The third-order valence-corrected chi connectivity index (χ3v) is 3.78. The van der Waals surface area contributed by atoms with E-state index in [1.165, 1.54) is 0 Å². The van der Waals surface area contributed by atoms with E-state index in [4.69, 9.17) is 5.26 Å². The third-order valence-electron chi connectivity index (χ3n) is 3.78. The van der Waals surface area contributed by atoms with Gasteiger partial charge in [-0.2, -0.15) is 0 Å². The van der Waals surface area contributed by atoms with E-state index < -0.39 is 11.5 Å². The summed E-state index contributed by atoms with van der Waals surface area (Å²) in [4.78, 5) is 4.51. The molecule has 4 heteroatoms. The van der Waals surface area contributed by atoms with Crippen LogP contribution in [0.1, 0.15) is 24.5 Å². The molecule has 3 N–H and O–H groups in total. The van der Waals surface area contributed by atoms with Crippen LogP contribution in [0.3, 0.4) is 0 Å². The van der Waals surface area contributed by atoms with Gasteiger partial charge in [0, 0.05) is 11.8 Å². The monoisotopic (exact) mass is 266 g/mol. The molecule has 0 aliphatic heterocycles. The van der Waals surface area contributed by atoms with Crippen molar-refractivity contribution in [1.82, 2.24) is 0 Å². The van der Waals surface area contributed by atoms with Gasteiger partial charge in [0.25, 0.3) is 0 Å². The standard InChI is InChI=1S/C15H22O4/c1-3-12-5-7-13(8-6-12)9-14(19-18)15(4-2,10-16)11-17/h3,5-8,14,16-18H,1,4,9-11H2,2H3. The first-order valence-corrected chi connectivity index (χ1v) is 6.39. The molecule has 1 unspecified atom stereocenters. The van der Waals surface area contributed by atoms with E-state index in [0.29, 0.717) is 12.8 Å². The Hall–Kier alpha value is -1.20. The minimum Gasteiger partial charge on any atom is -0.396 e. The zero-order valence-corrected chi connectivity index (χ0v) is 11.2. The minimum absolute atomic E-state index is 0.240. The molecule has 0 spiro atoms. The molecule has 0 aromatic heterocycles. The molecule has 1 rings (SSSR count). The number of hydrogen-bond acceptors (Lipinski definition) is 4. The lowest BCUT2D eigenvalue weighted by Gasteiger charge is -2.34. The maximum absolute atomic E-state index is 9.47. The lowest BCUT2D eigenvalue weighted by molar-refractivity contribution is -0.311. The SMILES string of the molecule is C=Cc1ccc(CC(OO)C(CC)(CO)CO)cc1. The van der Waals surface area contributed by atoms with Crippen LogP contribution in [0.5, 0.6) is 0 Å². The third kappa shape index (κ3) is 3.64. The molecular weight excluding hydrogens is 244 g/mol. The molecule has 1 aromatic carbocycles. The van der Waals surface area contributed by atoms with Gasteiger partial charge in [-0.15, -0.1) is 0 Å². The zero-order valence-electron chi connectivity index (χ0n) is 11.2. The molecule has 1 aromatic rings. The van der Waals surface area contributed by atoms with Crippen molar-refractivity contribution in [3.63, 3.8) is 0 Å². The molecule has 0 fully saturated rings. The van der Waals surface area contributed by atoms with E-state index in [2.05, 4.69) is 11.5 Å². The molecule has 0 amide bonds. The highest BCUT2D eigenvalue weighted by Gasteiger charge is 2.37. The van der Waals surface area contributed by atoms with Crippen molar-refractivity contribution in [2.24, 2.45) is 5.41 Å². The second kappa shape index (κ2) is 7.40. The lowest BCUT2D eigenvalue weighted by atomic mass is 9.78. The Morgan fingerprint density at radius 1 is 1.26 bits per heavy atom. The van der Waals surface area contributed by atoms with Gasteiger partial charge in [0.15, 0.2) is 0 Å². The van der Waals surface area contributed by atoms with Gasteiger partial charge < -0.3 is 10.2 Å².